The maximum Gasteiger partial charge on any atom is 0.338 e. The lowest BCUT2D eigenvalue weighted by Crippen LogP contribution is -2.16. The van der Waals surface area contributed by atoms with E-state index in [1.54, 1.807) is 19.1 Å². The van der Waals surface area contributed by atoms with Crippen LogP contribution >= 0.6 is 0 Å². The molecular weight excluding hydrogens is 390 g/mol. The molecule has 152 valence electrons. The highest BCUT2D eigenvalue weighted by atomic mass is 32.2. The van der Waals surface area contributed by atoms with Crippen molar-refractivity contribution < 1.29 is 22.7 Å². The minimum Gasteiger partial charge on any atom is -0.478 e. The van der Waals surface area contributed by atoms with Gasteiger partial charge in [-0.05, 0) is 60.7 Å². The van der Waals surface area contributed by atoms with Crippen LogP contribution in [-0.2, 0) is 22.9 Å². The second kappa shape index (κ2) is 8.13. The van der Waals surface area contributed by atoms with E-state index in [1.165, 1.54) is 12.1 Å². The van der Waals surface area contributed by atoms with E-state index in [9.17, 15) is 13.2 Å². The Kier molecular flexibility index (Phi) is 5.79. The molecule has 2 aromatic carbocycles. The summed E-state index contributed by atoms with van der Waals surface area (Å²) in [6.45, 7) is 5.67. The molecule has 0 aliphatic carbocycles. The molecule has 0 atom stereocenters. The number of furan rings is 1. The number of rotatable bonds is 7. The third-order valence-electron chi connectivity index (χ3n) is 4.83. The number of carbonyl (C=O) groups is 1. The van der Waals surface area contributed by atoms with Crippen LogP contribution in [0.25, 0.3) is 11.3 Å². The topological polar surface area (TPSA) is 96.6 Å². The number of para-hydroxylation sites is 1. The number of hydrogen-bond acceptors (Lipinski definition) is 4. The fourth-order valence-corrected chi connectivity index (χ4v) is 4.64. The van der Waals surface area contributed by atoms with Crippen LogP contribution in [0.1, 0.15) is 40.9 Å². The first kappa shape index (κ1) is 20.7. The van der Waals surface area contributed by atoms with Gasteiger partial charge in [-0.3, -0.25) is 4.72 Å². The fraction of sp³-hybridized carbons (Fsp3) is 0.227. The minimum atomic E-state index is -3.79. The monoisotopic (exact) mass is 413 g/mol. The van der Waals surface area contributed by atoms with Gasteiger partial charge >= 0.3 is 5.97 Å². The Labute approximate surface area is 170 Å². The van der Waals surface area contributed by atoms with Crippen LogP contribution in [0, 0.1) is 6.92 Å². The number of aromatic carboxylic acids is 1. The molecule has 2 N–H and O–H groups in total. The lowest BCUT2D eigenvalue weighted by Gasteiger charge is -2.17. The maximum absolute atomic E-state index is 13.1. The number of aryl methyl sites for hydroxylation is 3. The summed E-state index contributed by atoms with van der Waals surface area (Å²) < 4.78 is 34.2. The van der Waals surface area contributed by atoms with E-state index in [0.717, 1.165) is 17.4 Å². The molecule has 1 heterocycles. The molecule has 3 aromatic rings. The van der Waals surface area contributed by atoms with Gasteiger partial charge < -0.3 is 9.52 Å². The standard InChI is InChI=1S/C22H23NO5S/c1-4-15-7-6-8-16(5-2)21(15)23-29(26,27)20-10-9-17(11-14(20)3)19-12-18(13-28-19)22(24)25/h6-13,23H,4-5H2,1-3H3,(H,24,25). The van der Waals surface area contributed by atoms with Crippen LogP contribution in [0.15, 0.2) is 58.0 Å². The number of carboxylic acids is 1. The van der Waals surface area contributed by atoms with Gasteiger partial charge in [-0.2, -0.15) is 0 Å². The summed E-state index contributed by atoms with van der Waals surface area (Å²) in [4.78, 5) is 11.2. The Morgan fingerprint density at radius 2 is 1.72 bits per heavy atom. The van der Waals surface area contributed by atoms with Crippen molar-refractivity contribution in [3.8, 4) is 11.3 Å². The van der Waals surface area contributed by atoms with E-state index in [-0.39, 0.29) is 10.5 Å². The summed E-state index contributed by atoms with van der Waals surface area (Å²) in [5, 5.41) is 9.03. The van der Waals surface area contributed by atoms with Crippen molar-refractivity contribution in [1.29, 1.82) is 0 Å². The van der Waals surface area contributed by atoms with Crippen LogP contribution < -0.4 is 4.72 Å². The van der Waals surface area contributed by atoms with Gasteiger partial charge in [0.2, 0.25) is 0 Å². The van der Waals surface area contributed by atoms with Crippen molar-refractivity contribution >= 4 is 21.7 Å². The molecule has 0 spiro atoms. The van der Waals surface area contributed by atoms with Crippen LogP contribution in [0.3, 0.4) is 0 Å². The molecule has 0 aliphatic rings. The molecule has 3 rings (SSSR count). The van der Waals surface area contributed by atoms with Crippen molar-refractivity contribution in [2.24, 2.45) is 0 Å². The number of hydrogen-bond donors (Lipinski definition) is 2. The van der Waals surface area contributed by atoms with Gasteiger partial charge in [0.1, 0.15) is 12.0 Å². The van der Waals surface area contributed by atoms with E-state index in [4.69, 9.17) is 9.52 Å². The van der Waals surface area contributed by atoms with E-state index >= 15 is 0 Å². The predicted molar refractivity (Wildman–Crippen MR) is 112 cm³/mol. The summed E-state index contributed by atoms with van der Waals surface area (Å²) in [6.07, 6.45) is 2.59. The van der Waals surface area contributed by atoms with E-state index in [2.05, 4.69) is 4.72 Å². The zero-order valence-electron chi connectivity index (χ0n) is 16.5. The first-order valence-electron chi connectivity index (χ1n) is 9.33. The quantitative estimate of drug-likeness (QED) is 0.575. The van der Waals surface area contributed by atoms with Crippen molar-refractivity contribution in [2.45, 2.75) is 38.5 Å². The Bertz CT molecular complexity index is 1140. The van der Waals surface area contributed by atoms with Gasteiger partial charge in [0.25, 0.3) is 10.0 Å². The Balaban J connectivity index is 1.97. The van der Waals surface area contributed by atoms with Crippen LogP contribution in [0.5, 0.6) is 0 Å². The number of nitrogens with one attached hydrogen (secondary N) is 1. The zero-order chi connectivity index (χ0) is 21.2. The summed E-state index contributed by atoms with van der Waals surface area (Å²) >= 11 is 0. The third-order valence-corrected chi connectivity index (χ3v) is 6.34. The van der Waals surface area contributed by atoms with Gasteiger partial charge in [0, 0.05) is 5.56 Å². The van der Waals surface area contributed by atoms with Crippen molar-refractivity contribution in [1.82, 2.24) is 0 Å². The summed E-state index contributed by atoms with van der Waals surface area (Å²) in [5.74, 6) is -0.714. The maximum atomic E-state index is 13.1. The van der Waals surface area contributed by atoms with Gasteiger partial charge in [0.15, 0.2) is 0 Å². The number of sulfonamides is 1. The normalized spacial score (nSPS) is 11.4. The average molecular weight is 413 g/mol. The fourth-order valence-electron chi connectivity index (χ4n) is 3.27. The first-order valence-corrected chi connectivity index (χ1v) is 10.8. The molecule has 0 fully saturated rings. The van der Waals surface area contributed by atoms with Gasteiger partial charge in [-0.25, -0.2) is 13.2 Å². The third kappa shape index (κ3) is 4.19. The minimum absolute atomic E-state index is 0.0410. The molecule has 29 heavy (non-hydrogen) atoms. The molecular formula is C22H23NO5S. The largest absolute Gasteiger partial charge is 0.478 e. The molecule has 0 saturated carbocycles. The highest BCUT2D eigenvalue weighted by Gasteiger charge is 2.21. The number of anilines is 1. The zero-order valence-corrected chi connectivity index (χ0v) is 17.3. The molecule has 0 aliphatic heterocycles. The molecule has 7 heteroatoms. The Morgan fingerprint density at radius 3 is 2.24 bits per heavy atom. The molecule has 1 aromatic heterocycles. The van der Waals surface area contributed by atoms with E-state index in [1.807, 2.05) is 32.0 Å². The lowest BCUT2D eigenvalue weighted by atomic mass is 10.0. The molecule has 0 amide bonds. The average Bonchev–Trinajstić information content (AvgIpc) is 3.18. The van der Waals surface area contributed by atoms with E-state index in [0.29, 0.717) is 35.4 Å². The van der Waals surface area contributed by atoms with E-state index < -0.39 is 16.0 Å². The molecule has 0 unspecified atom stereocenters. The van der Waals surface area contributed by atoms with Crippen LogP contribution in [0.2, 0.25) is 0 Å². The van der Waals surface area contributed by atoms with Crippen LogP contribution in [-0.4, -0.2) is 19.5 Å². The molecule has 0 radical (unpaired) electrons. The summed E-state index contributed by atoms with van der Waals surface area (Å²) in [5.41, 5.74) is 3.71. The van der Waals surface area contributed by atoms with Crippen molar-refractivity contribution in [2.75, 3.05) is 4.72 Å². The SMILES string of the molecule is CCc1cccc(CC)c1NS(=O)(=O)c1ccc(-c2cc(C(=O)O)co2)cc1C. The smallest absolute Gasteiger partial charge is 0.338 e. The number of carboxylic acid groups (broad SMARTS) is 1. The second-order valence-electron chi connectivity index (χ2n) is 6.75. The van der Waals surface area contributed by atoms with Crippen molar-refractivity contribution in [3.05, 3.63) is 71.0 Å². The number of benzene rings is 2. The first-order chi connectivity index (χ1) is 13.8. The van der Waals surface area contributed by atoms with Crippen molar-refractivity contribution in [3.63, 3.8) is 0 Å². The van der Waals surface area contributed by atoms with Gasteiger partial charge in [-0.1, -0.05) is 32.0 Å². The summed E-state index contributed by atoms with van der Waals surface area (Å²) in [6, 6.07) is 12.0. The van der Waals surface area contributed by atoms with Gasteiger partial charge in [0.05, 0.1) is 16.1 Å². The lowest BCUT2D eigenvalue weighted by molar-refractivity contribution is 0.0696. The van der Waals surface area contributed by atoms with Gasteiger partial charge in [-0.15, -0.1) is 0 Å². The molecule has 0 saturated heterocycles. The van der Waals surface area contributed by atoms with Crippen LogP contribution in [0.4, 0.5) is 5.69 Å². The summed E-state index contributed by atoms with van der Waals surface area (Å²) in [7, 11) is -3.79. The highest BCUT2D eigenvalue weighted by Crippen LogP contribution is 2.29. The molecule has 6 nitrogen and oxygen atoms in total. The Morgan fingerprint density at radius 1 is 1.07 bits per heavy atom. The Hall–Kier alpha value is -3.06. The predicted octanol–water partition coefficient (Wildman–Crippen LogP) is 4.88. The second-order valence-corrected chi connectivity index (χ2v) is 8.40. The molecule has 0 bridgehead atoms. The highest BCUT2D eigenvalue weighted by molar-refractivity contribution is 7.92.